The number of amides is 1. The molecule has 0 aliphatic carbocycles. The standard InChI is InChI=1S/C22H24N4O2/c1-15-5-3-6-16(2)21(15)23-22(27)17-10-12-26(13-11-17)20-9-8-18(24-25-20)19-7-4-14-28-19/h3-9,14,17H,10-13H2,1-2H3,(H,23,27). The normalized spacial score (nSPS) is 14.9. The molecule has 2 aromatic heterocycles. The lowest BCUT2D eigenvalue weighted by molar-refractivity contribution is -0.120. The number of rotatable bonds is 4. The van der Waals surface area contributed by atoms with Gasteiger partial charge in [-0.25, -0.2) is 0 Å². The minimum absolute atomic E-state index is 0.0191. The van der Waals surface area contributed by atoms with E-state index >= 15 is 0 Å². The summed E-state index contributed by atoms with van der Waals surface area (Å²) >= 11 is 0. The molecule has 4 rings (SSSR count). The predicted octanol–water partition coefficient (Wildman–Crippen LogP) is 4.21. The molecule has 28 heavy (non-hydrogen) atoms. The van der Waals surface area contributed by atoms with Gasteiger partial charge >= 0.3 is 0 Å². The van der Waals surface area contributed by atoms with Crippen molar-refractivity contribution in [3.8, 4) is 11.5 Å². The number of benzene rings is 1. The Balaban J connectivity index is 1.36. The van der Waals surface area contributed by atoms with E-state index in [2.05, 4.69) is 20.4 Å². The first-order valence-electron chi connectivity index (χ1n) is 9.61. The molecule has 6 nitrogen and oxygen atoms in total. The van der Waals surface area contributed by atoms with E-state index in [1.165, 1.54) is 0 Å². The van der Waals surface area contributed by atoms with Crippen LogP contribution in [-0.2, 0) is 4.79 Å². The van der Waals surface area contributed by atoms with Crippen LogP contribution in [0.1, 0.15) is 24.0 Å². The summed E-state index contributed by atoms with van der Waals surface area (Å²) in [6.07, 6.45) is 3.23. The van der Waals surface area contributed by atoms with Gasteiger partial charge in [0.25, 0.3) is 0 Å². The number of piperidine rings is 1. The highest BCUT2D eigenvalue weighted by atomic mass is 16.3. The lowest BCUT2D eigenvalue weighted by Crippen LogP contribution is -2.38. The molecule has 0 radical (unpaired) electrons. The zero-order valence-electron chi connectivity index (χ0n) is 16.2. The van der Waals surface area contributed by atoms with Crippen LogP contribution < -0.4 is 10.2 Å². The maximum absolute atomic E-state index is 12.7. The summed E-state index contributed by atoms with van der Waals surface area (Å²) in [4.78, 5) is 14.9. The SMILES string of the molecule is Cc1cccc(C)c1NC(=O)C1CCN(c2ccc(-c3ccco3)nn2)CC1. The van der Waals surface area contributed by atoms with Crippen LogP contribution in [0.2, 0.25) is 0 Å². The molecule has 144 valence electrons. The molecule has 0 saturated carbocycles. The van der Waals surface area contributed by atoms with Gasteiger partial charge in [0.2, 0.25) is 5.91 Å². The van der Waals surface area contributed by atoms with Crippen molar-refractivity contribution in [2.75, 3.05) is 23.3 Å². The second-order valence-corrected chi connectivity index (χ2v) is 7.27. The summed E-state index contributed by atoms with van der Waals surface area (Å²) in [6, 6.07) is 13.6. The van der Waals surface area contributed by atoms with Gasteiger partial charge < -0.3 is 14.6 Å². The van der Waals surface area contributed by atoms with Gasteiger partial charge in [-0.2, -0.15) is 0 Å². The Bertz CT molecular complexity index is 923. The lowest BCUT2D eigenvalue weighted by atomic mass is 9.95. The number of nitrogens with one attached hydrogen (secondary N) is 1. The number of furan rings is 1. The van der Waals surface area contributed by atoms with Crippen LogP contribution in [0, 0.1) is 19.8 Å². The number of hydrogen-bond acceptors (Lipinski definition) is 5. The van der Waals surface area contributed by atoms with Gasteiger partial charge in [-0.05, 0) is 62.1 Å². The number of aromatic nitrogens is 2. The molecule has 0 bridgehead atoms. The Labute approximate surface area is 164 Å². The number of hydrogen-bond donors (Lipinski definition) is 1. The molecule has 1 aliphatic rings. The Morgan fingerprint density at radius 3 is 2.39 bits per heavy atom. The first-order chi connectivity index (χ1) is 13.6. The molecule has 1 aromatic carbocycles. The molecule has 3 heterocycles. The van der Waals surface area contributed by atoms with Crippen molar-refractivity contribution in [3.05, 3.63) is 59.9 Å². The second kappa shape index (κ2) is 7.84. The Morgan fingerprint density at radius 2 is 1.79 bits per heavy atom. The second-order valence-electron chi connectivity index (χ2n) is 7.27. The number of carbonyl (C=O) groups excluding carboxylic acids is 1. The molecule has 1 N–H and O–H groups in total. The summed E-state index contributed by atoms with van der Waals surface area (Å²) < 4.78 is 5.35. The highest BCUT2D eigenvalue weighted by Gasteiger charge is 2.26. The van der Waals surface area contributed by atoms with E-state index in [1.807, 2.05) is 56.3 Å². The fraction of sp³-hybridized carbons (Fsp3) is 0.318. The molecule has 1 amide bonds. The van der Waals surface area contributed by atoms with Crippen molar-refractivity contribution in [2.24, 2.45) is 5.92 Å². The van der Waals surface area contributed by atoms with E-state index in [0.29, 0.717) is 5.76 Å². The van der Waals surface area contributed by atoms with Crippen LogP contribution in [0.15, 0.2) is 53.1 Å². The highest BCUT2D eigenvalue weighted by Crippen LogP contribution is 2.26. The van der Waals surface area contributed by atoms with E-state index in [1.54, 1.807) is 6.26 Å². The van der Waals surface area contributed by atoms with E-state index in [4.69, 9.17) is 4.42 Å². The number of anilines is 2. The maximum atomic E-state index is 12.7. The lowest BCUT2D eigenvalue weighted by Gasteiger charge is -2.32. The molecule has 3 aromatic rings. The van der Waals surface area contributed by atoms with Gasteiger partial charge in [0.05, 0.1) is 6.26 Å². The van der Waals surface area contributed by atoms with E-state index in [-0.39, 0.29) is 11.8 Å². The molecule has 0 spiro atoms. The number of para-hydroxylation sites is 1. The number of nitrogens with zero attached hydrogens (tertiary/aromatic N) is 3. The third-order valence-electron chi connectivity index (χ3n) is 5.34. The summed E-state index contributed by atoms with van der Waals surface area (Å²) in [5.74, 6) is 1.67. The molecule has 0 atom stereocenters. The Morgan fingerprint density at radius 1 is 1.04 bits per heavy atom. The molecule has 1 fully saturated rings. The smallest absolute Gasteiger partial charge is 0.227 e. The van der Waals surface area contributed by atoms with Crippen molar-refractivity contribution >= 4 is 17.4 Å². The summed E-state index contributed by atoms with van der Waals surface area (Å²) in [6.45, 7) is 5.63. The zero-order valence-corrected chi connectivity index (χ0v) is 16.2. The zero-order chi connectivity index (χ0) is 19.5. The quantitative estimate of drug-likeness (QED) is 0.739. The maximum Gasteiger partial charge on any atom is 0.227 e. The van der Waals surface area contributed by atoms with Crippen molar-refractivity contribution in [1.82, 2.24) is 10.2 Å². The summed E-state index contributed by atoms with van der Waals surface area (Å²) in [7, 11) is 0. The molecule has 1 aliphatic heterocycles. The molecular weight excluding hydrogens is 352 g/mol. The minimum atomic E-state index is 0.0191. The van der Waals surface area contributed by atoms with Crippen LogP contribution in [0.3, 0.4) is 0 Å². The van der Waals surface area contributed by atoms with E-state index < -0.39 is 0 Å². The Kier molecular flexibility index (Phi) is 5.10. The van der Waals surface area contributed by atoms with Gasteiger partial charge in [-0.15, -0.1) is 10.2 Å². The van der Waals surface area contributed by atoms with Gasteiger partial charge in [-0.3, -0.25) is 4.79 Å². The first kappa shape index (κ1) is 18.2. The average molecular weight is 376 g/mol. The topological polar surface area (TPSA) is 71.3 Å². The van der Waals surface area contributed by atoms with Gasteiger partial charge in [0.1, 0.15) is 5.69 Å². The third kappa shape index (κ3) is 3.76. The highest BCUT2D eigenvalue weighted by molar-refractivity contribution is 5.94. The molecule has 6 heteroatoms. The molecule has 0 unspecified atom stereocenters. The fourth-order valence-electron chi connectivity index (χ4n) is 3.66. The Hall–Kier alpha value is -3.15. The van der Waals surface area contributed by atoms with Crippen LogP contribution >= 0.6 is 0 Å². The van der Waals surface area contributed by atoms with E-state index in [9.17, 15) is 4.79 Å². The van der Waals surface area contributed by atoms with Crippen LogP contribution in [-0.4, -0.2) is 29.2 Å². The first-order valence-corrected chi connectivity index (χ1v) is 9.61. The van der Waals surface area contributed by atoms with Crippen LogP contribution in [0.25, 0.3) is 11.5 Å². The van der Waals surface area contributed by atoms with Gasteiger partial charge in [0.15, 0.2) is 11.6 Å². The third-order valence-corrected chi connectivity index (χ3v) is 5.34. The van der Waals surface area contributed by atoms with Crippen LogP contribution in [0.4, 0.5) is 11.5 Å². The van der Waals surface area contributed by atoms with Crippen molar-refractivity contribution < 1.29 is 9.21 Å². The van der Waals surface area contributed by atoms with Crippen molar-refractivity contribution in [1.29, 1.82) is 0 Å². The van der Waals surface area contributed by atoms with Gasteiger partial charge in [-0.1, -0.05) is 18.2 Å². The predicted molar refractivity (Wildman–Crippen MR) is 109 cm³/mol. The van der Waals surface area contributed by atoms with Crippen molar-refractivity contribution in [2.45, 2.75) is 26.7 Å². The van der Waals surface area contributed by atoms with Crippen LogP contribution in [0.5, 0.6) is 0 Å². The fourth-order valence-corrected chi connectivity index (χ4v) is 3.66. The largest absolute Gasteiger partial charge is 0.463 e. The molecule has 1 saturated heterocycles. The van der Waals surface area contributed by atoms with E-state index in [0.717, 1.165) is 54.3 Å². The minimum Gasteiger partial charge on any atom is -0.463 e. The van der Waals surface area contributed by atoms with Crippen molar-refractivity contribution in [3.63, 3.8) is 0 Å². The monoisotopic (exact) mass is 376 g/mol. The summed E-state index contributed by atoms with van der Waals surface area (Å²) in [5.41, 5.74) is 3.85. The summed E-state index contributed by atoms with van der Waals surface area (Å²) in [5, 5.41) is 11.7. The number of carbonyl (C=O) groups is 1. The number of aryl methyl sites for hydroxylation is 2. The average Bonchev–Trinajstić information content (AvgIpc) is 3.26. The van der Waals surface area contributed by atoms with Gasteiger partial charge in [0, 0.05) is 24.7 Å². The molecular formula is C22H24N4O2.